The molecule has 0 atom stereocenters. The van der Waals surface area contributed by atoms with Gasteiger partial charge >= 0.3 is 0 Å². The van der Waals surface area contributed by atoms with Gasteiger partial charge in [0.25, 0.3) is 0 Å². The van der Waals surface area contributed by atoms with Gasteiger partial charge in [0.2, 0.25) is 0 Å². The van der Waals surface area contributed by atoms with E-state index in [2.05, 4.69) is 0 Å². The molecule has 0 bridgehead atoms. The van der Waals surface area contributed by atoms with Crippen molar-refractivity contribution in [3.63, 3.8) is 0 Å². The Balaban J connectivity index is 3.89. The Labute approximate surface area is 63.5 Å². The van der Waals surface area contributed by atoms with Crippen LogP contribution in [0.2, 0.25) is 0 Å². The quantitative estimate of drug-likeness (QED) is 0.556. The van der Waals surface area contributed by atoms with Crippen LogP contribution in [0.5, 0.6) is 0 Å². The Morgan fingerprint density at radius 1 is 0.900 bits per heavy atom. The van der Waals surface area contributed by atoms with E-state index in [9.17, 15) is 0 Å². The summed E-state index contributed by atoms with van der Waals surface area (Å²) >= 11 is 0. The van der Waals surface area contributed by atoms with Gasteiger partial charge in [0.1, 0.15) is 0 Å². The summed E-state index contributed by atoms with van der Waals surface area (Å²) in [5.41, 5.74) is -0.139. The molecule has 0 aliphatic carbocycles. The Kier molecular flexibility index (Phi) is 2.86. The molecule has 2 heteroatoms. The smallest absolute Gasteiger partial charge is 0.163 e. The highest BCUT2D eigenvalue weighted by molar-refractivity contribution is 4.64. The fourth-order valence-electron chi connectivity index (χ4n) is 0.779. The minimum atomic E-state index is -0.474. The molecule has 0 aliphatic heterocycles. The monoisotopic (exact) mass is 146 g/mol. The van der Waals surface area contributed by atoms with Crippen LogP contribution in [0.4, 0.5) is 0 Å². The van der Waals surface area contributed by atoms with Gasteiger partial charge in [0, 0.05) is 7.11 Å². The second-order valence-corrected chi connectivity index (χ2v) is 3.82. The minimum absolute atomic E-state index is 0.139. The Morgan fingerprint density at radius 2 is 1.30 bits per heavy atom. The lowest BCUT2D eigenvalue weighted by Gasteiger charge is -2.32. The van der Waals surface area contributed by atoms with E-state index < -0.39 is 5.79 Å². The highest BCUT2D eigenvalue weighted by Crippen LogP contribution is 2.19. The fraction of sp³-hybridized carbons (Fsp3) is 1.00. The topological polar surface area (TPSA) is 18.5 Å². The van der Waals surface area contributed by atoms with Crippen LogP contribution in [0.15, 0.2) is 0 Å². The average molecular weight is 146 g/mol. The van der Waals surface area contributed by atoms with Gasteiger partial charge in [-0.05, 0) is 34.6 Å². The highest BCUT2D eigenvalue weighted by atomic mass is 16.7. The van der Waals surface area contributed by atoms with Crippen LogP contribution in [0.1, 0.15) is 34.6 Å². The molecule has 0 rings (SSSR count). The van der Waals surface area contributed by atoms with Gasteiger partial charge < -0.3 is 9.47 Å². The first kappa shape index (κ1) is 9.92. The second kappa shape index (κ2) is 2.89. The van der Waals surface area contributed by atoms with E-state index in [0.717, 1.165) is 0 Å². The van der Waals surface area contributed by atoms with Crippen LogP contribution >= 0.6 is 0 Å². The predicted molar refractivity (Wildman–Crippen MR) is 41.9 cm³/mol. The van der Waals surface area contributed by atoms with E-state index in [1.807, 2.05) is 34.6 Å². The zero-order valence-electron chi connectivity index (χ0n) is 7.82. The number of rotatable bonds is 2. The Morgan fingerprint density at radius 3 is 1.40 bits per heavy atom. The first-order valence-electron chi connectivity index (χ1n) is 3.52. The molecule has 0 saturated carbocycles. The van der Waals surface area contributed by atoms with Gasteiger partial charge in [0.15, 0.2) is 5.79 Å². The molecule has 0 N–H and O–H groups in total. The van der Waals surface area contributed by atoms with Crippen LogP contribution < -0.4 is 0 Å². The summed E-state index contributed by atoms with van der Waals surface area (Å²) in [5, 5.41) is 0. The SMILES string of the molecule is COC(C)(C)OC(C)(C)C. The van der Waals surface area contributed by atoms with Gasteiger partial charge in [-0.3, -0.25) is 0 Å². The summed E-state index contributed by atoms with van der Waals surface area (Å²) in [6, 6.07) is 0. The van der Waals surface area contributed by atoms with Crippen LogP contribution in [0.3, 0.4) is 0 Å². The molecule has 10 heavy (non-hydrogen) atoms. The lowest BCUT2D eigenvalue weighted by molar-refractivity contribution is -0.245. The third-order valence-corrected chi connectivity index (χ3v) is 1.04. The zero-order chi connectivity index (χ0) is 8.41. The molecule has 2 nitrogen and oxygen atoms in total. The molecule has 0 aliphatic rings. The predicted octanol–water partition coefficient (Wildman–Crippen LogP) is 2.18. The number of ether oxygens (including phenoxy) is 2. The van der Waals surface area contributed by atoms with Gasteiger partial charge in [0.05, 0.1) is 5.60 Å². The first-order valence-corrected chi connectivity index (χ1v) is 3.52. The van der Waals surface area contributed by atoms with Crippen molar-refractivity contribution in [3.05, 3.63) is 0 Å². The van der Waals surface area contributed by atoms with Gasteiger partial charge in [-0.15, -0.1) is 0 Å². The molecular weight excluding hydrogens is 128 g/mol. The van der Waals surface area contributed by atoms with Crippen molar-refractivity contribution >= 4 is 0 Å². The maximum absolute atomic E-state index is 5.55. The lowest BCUT2D eigenvalue weighted by Crippen LogP contribution is -2.36. The molecule has 0 spiro atoms. The maximum atomic E-state index is 5.55. The van der Waals surface area contributed by atoms with Crippen molar-refractivity contribution in [1.82, 2.24) is 0 Å². The first-order chi connectivity index (χ1) is 4.27. The molecule has 0 saturated heterocycles. The third-order valence-electron chi connectivity index (χ3n) is 1.04. The fourth-order valence-corrected chi connectivity index (χ4v) is 0.779. The van der Waals surface area contributed by atoms with Gasteiger partial charge in [-0.1, -0.05) is 0 Å². The number of hydrogen-bond acceptors (Lipinski definition) is 2. The summed E-state index contributed by atoms with van der Waals surface area (Å²) < 4.78 is 10.6. The molecule has 0 fully saturated rings. The molecule has 0 radical (unpaired) electrons. The average Bonchev–Trinajstić information content (AvgIpc) is 1.60. The molecule has 0 aromatic rings. The molecule has 0 heterocycles. The number of hydrogen-bond donors (Lipinski definition) is 0. The Hall–Kier alpha value is -0.0800. The molecule has 62 valence electrons. The zero-order valence-corrected chi connectivity index (χ0v) is 7.82. The van der Waals surface area contributed by atoms with E-state index in [1.54, 1.807) is 7.11 Å². The molecular formula is C8H18O2. The summed E-state index contributed by atoms with van der Waals surface area (Å²) in [6.45, 7) is 9.83. The van der Waals surface area contributed by atoms with Crippen molar-refractivity contribution in [2.75, 3.05) is 7.11 Å². The standard InChI is InChI=1S/C8H18O2/c1-7(2,3)10-8(4,5)9-6/h1-6H3. The summed E-state index contributed by atoms with van der Waals surface area (Å²) in [7, 11) is 1.64. The van der Waals surface area contributed by atoms with Gasteiger partial charge in [-0.25, -0.2) is 0 Å². The number of methoxy groups -OCH3 is 1. The van der Waals surface area contributed by atoms with Crippen LogP contribution in [0.25, 0.3) is 0 Å². The normalized spacial score (nSPS) is 13.8. The van der Waals surface area contributed by atoms with E-state index in [4.69, 9.17) is 9.47 Å². The van der Waals surface area contributed by atoms with E-state index in [-0.39, 0.29) is 5.60 Å². The van der Waals surface area contributed by atoms with E-state index >= 15 is 0 Å². The van der Waals surface area contributed by atoms with E-state index in [1.165, 1.54) is 0 Å². The minimum Gasteiger partial charge on any atom is -0.354 e. The molecule has 0 aromatic carbocycles. The largest absolute Gasteiger partial charge is 0.354 e. The van der Waals surface area contributed by atoms with Crippen molar-refractivity contribution in [1.29, 1.82) is 0 Å². The maximum Gasteiger partial charge on any atom is 0.163 e. The molecule has 0 amide bonds. The van der Waals surface area contributed by atoms with Crippen LogP contribution in [-0.2, 0) is 9.47 Å². The second-order valence-electron chi connectivity index (χ2n) is 3.82. The van der Waals surface area contributed by atoms with Crippen molar-refractivity contribution in [2.24, 2.45) is 0 Å². The van der Waals surface area contributed by atoms with Crippen molar-refractivity contribution < 1.29 is 9.47 Å². The van der Waals surface area contributed by atoms with Crippen molar-refractivity contribution in [2.45, 2.75) is 46.0 Å². The van der Waals surface area contributed by atoms with Crippen molar-refractivity contribution in [3.8, 4) is 0 Å². The summed E-state index contributed by atoms with van der Waals surface area (Å²) in [6.07, 6.45) is 0. The summed E-state index contributed by atoms with van der Waals surface area (Å²) in [4.78, 5) is 0. The Bertz CT molecular complexity index is 100. The van der Waals surface area contributed by atoms with Crippen LogP contribution in [0, 0.1) is 0 Å². The lowest BCUT2D eigenvalue weighted by atomic mass is 10.2. The van der Waals surface area contributed by atoms with E-state index in [0.29, 0.717) is 0 Å². The third kappa shape index (κ3) is 4.77. The highest BCUT2D eigenvalue weighted by Gasteiger charge is 2.24. The molecule has 0 unspecified atom stereocenters. The van der Waals surface area contributed by atoms with Gasteiger partial charge in [-0.2, -0.15) is 0 Å². The molecule has 0 aromatic heterocycles. The summed E-state index contributed by atoms with van der Waals surface area (Å²) in [5.74, 6) is -0.474. The van der Waals surface area contributed by atoms with Crippen LogP contribution in [-0.4, -0.2) is 18.5 Å².